The molecule has 1 aromatic heterocycles. The predicted molar refractivity (Wildman–Crippen MR) is 113 cm³/mol. The highest BCUT2D eigenvalue weighted by atomic mass is 79.9. The SMILES string of the molecule is Cl.Cn1c(CCN[C@@H]2CCOC2)c2n(c1=S)C[C@H](c1c(F)ccc(Br)c1F)C2. The highest BCUT2D eigenvalue weighted by Crippen LogP contribution is 2.37. The van der Waals surface area contributed by atoms with Crippen LogP contribution in [0.1, 0.15) is 29.3 Å². The lowest BCUT2D eigenvalue weighted by Crippen LogP contribution is -2.31. The lowest BCUT2D eigenvalue weighted by molar-refractivity contribution is 0.190. The molecule has 4 nitrogen and oxygen atoms in total. The maximum Gasteiger partial charge on any atom is 0.179 e. The summed E-state index contributed by atoms with van der Waals surface area (Å²) in [5.41, 5.74) is 2.39. The van der Waals surface area contributed by atoms with Crippen LogP contribution >= 0.6 is 40.6 Å². The largest absolute Gasteiger partial charge is 0.380 e. The molecule has 0 amide bonds. The topological polar surface area (TPSA) is 31.1 Å². The van der Waals surface area contributed by atoms with E-state index in [-0.39, 0.29) is 23.9 Å². The quantitative estimate of drug-likeness (QED) is 0.497. The fourth-order valence-corrected chi connectivity index (χ4v) is 4.85. The van der Waals surface area contributed by atoms with Crippen molar-refractivity contribution in [2.75, 3.05) is 19.8 Å². The Morgan fingerprint density at radius 2 is 2.14 bits per heavy atom. The van der Waals surface area contributed by atoms with E-state index in [4.69, 9.17) is 17.0 Å². The van der Waals surface area contributed by atoms with Crippen molar-refractivity contribution in [1.29, 1.82) is 0 Å². The van der Waals surface area contributed by atoms with Crippen molar-refractivity contribution in [2.24, 2.45) is 7.05 Å². The molecular formula is C19H23BrClF2N3OS. The van der Waals surface area contributed by atoms with Crippen LogP contribution in [0.4, 0.5) is 8.78 Å². The number of benzene rings is 1. The van der Waals surface area contributed by atoms with Gasteiger partial charge in [-0.05, 0) is 53.1 Å². The van der Waals surface area contributed by atoms with E-state index in [0.717, 1.165) is 44.0 Å². The first-order valence-electron chi connectivity index (χ1n) is 9.19. The van der Waals surface area contributed by atoms with Gasteiger partial charge >= 0.3 is 0 Å². The Hall–Kier alpha value is -0.800. The minimum atomic E-state index is -0.509. The zero-order valence-electron chi connectivity index (χ0n) is 15.5. The van der Waals surface area contributed by atoms with Gasteiger partial charge in [0.25, 0.3) is 0 Å². The average Bonchev–Trinajstić information content (AvgIpc) is 3.35. The Kier molecular flexibility index (Phi) is 6.97. The molecule has 2 aliphatic heterocycles. The zero-order chi connectivity index (χ0) is 19.1. The molecule has 0 bridgehead atoms. The summed E-state index contributed by atoms with van der Waals surface area (Å²) in [5, 5.41) is 3.52. The lowest BCUT2D eigenvalue weighted by atomic mass is 9.95. The molecule has 0 aliphatic carbocycles. The number of hydrogen-bond donors (Lipinski definition) is 1. The third-order valence-electron chi connectivity index (χ3n) is 5.64. The number of imidazole rings is 1. The predicted octanol–water partition coefficient (Wildman–Crippen LogP) is 4.28. The van der Waals surface area contributed by atoms with Crippen LogP contribution < -0.4 is 5.32 Å². The van der Waals surface area contributed by atoms with Gasteiger partial charge in [0.05, 0.1) is 11.1 Å². The molecule has 1 fully saturated rings. The molecule has 4 rings (SSSR count). The fourth-order valence-electron chi connectivity index (χ4n) is 4.21. The molecule has 2 atom stereocenters. The first-order valence-corrected chi connectivity index (χ1v) is 10.4. The van der Waals surface area contributed by atoms with Gasteiger partial charge in [0.2, 0.25) is 0 Å². The molecule has 9 heteroatoms. The smallest absolute Gasteiger partial charge is 0.179 e. The maximum atomic E-state index is 14.6. The zero-order valence-corrected chi connectivity index (χ0v) is 18.7. The van der Waals surface area contributed by atoms with E-state index in [9.17, 15) is 8.78 Å². The molecule has 0 spiro atoms. The Morgan fingerprint density at radius 3 is 2.86 bits per heavy atom. The van der Waals surface area contributed by atoms with Gasteiger partial charge in [-0.15, -0.1) is 12.4 Å². The van der Waals surface area contributed by atoms with Crippen molar-refractivity contribution in [3.05, 3.63) is 50.0 Å². The van der Waals surface area contributed by atoms with Crippen LogP contribution in [0.5, 0.6) is 0 Å². The first-order chi connectivity index (χ1) is 13.0. The van der Waals surface area contributed by atoms with Gasteiger partial charge in [-0.25, -0.2) is 8.78 Å². The number of fused-ring (bicyclic) bond motifs is 1. The molecule has 0 radical (unpaired) electrons. The van der Waals surface area contributed by atoms with Gasteiger partial charge in [0.1, 0.15) is 11.6 Å². The van der Waals surface area contributed by atoms with Crippen LogP contribution in [0.2, 0.25) is 0 Å². The summed E-state index contributed by atoms with van der Waals surface area (Å²) >= 11 is 8.75. The van der Waals surface area contributed by atoms with Crippen molar-refractivity contribution < 1.29 is 13.5 Å². The molecule has 1 aromatic carbocycles. The van der Waals surface area contributed by atoms with E-state index in [1.807, 2.05) is 16.2 Å². The monoisotopic (exact) mass is 493 g/mol. The van der Waals surface area contributed by atoms with Crippen LogP contribution in [-0.2, 0) is 31.2 Å². The summed E-state index contributed by atoms with van der Waals surface area (Å²) < 4.78 is 39.4. The van der Waals surface area contributed by atoms with Gasteiger partial charge in [0, 0.05) is 62.1 Å². The summed E-state index contributed by atoms with van der Waals surface area (Å²) in [6, 6.07) is 3.14. The molecule has 2 aliphatic rings. The summed E-state index contributed by atoms with van der Waals surface area (Å²) in [6.07, 6.45) is 2.46. The minimum Gasteiger partial charge on any atom is -0.380 e. The van der Waals surface area contributed by atoms with Crippen LogP contribution in [0.25, 0.3) is 0 Å². The van der Waals surface area contributed by atoms with E-state index >= 15 is 0 Å². The normalized spacial score (nSPS) is 21.0. The van der Waals surface area contributed by atoms with Gasteiger partial charge in [-0.2, -0.15) is 0 Å². The molecule has 154 valence electrons. The molecule has 2 aromatic rings. The summed E-state index contributed by atoms with van der Waals surface area (Å²) in [5.74, 6) is -1.24. The van der Waals surface area contributed by atoms with Crippen LogP contribution in [0.15, 0.2) is 16.6 Å². The molecule has 0 unspecified atom stereocenters. The van der Waals surface area contributed by atoms with E-state index in [2.05, 4.69) is 21.2 Å². The number of aromatic nitrogens is 2. The van der Waals surface area contributed by atoms with Crippen molar-refractivity contribution >= 4 is 40.6 Å². The van der Waals surface area contributed by atoms with Gasteiger partial charge in [-0.1, -0.05) is 0 Å². The highest BCUT2D eigenvalue weighted by molar-refractivity contribution is 9.10. The third kappa shape index (κ3) is 3.94. The molecule has 1 N–H and O–H groups in total. The molecule has 28 heavy (non-hydrogen) atoms. The summed E-state index contributed by atoms with van der Waals surface area (Å²) in [6.45, 7) is 2.92. The van der Waals surface area contributed by atoms with Crippen molar-refractivity contribution in [3.63, 3.8) is 0 Å². The number of halogens is 4. The van der Waals surface area contributed by atoms with Crippen LogP contribution in [-0.4, -0.2) is 34.9 Å². The van der Waals surface area contributed by atoms with Gasteiger partial charge in [-0.3, -0.25) is 0 Å². The minimum absolute atomic E-state index is 0. The van der Waals surface area contributed by atoms with E-state index in [1.54, 1.807) is 0 Å². The Labute approximate surface area is 182 Å². The standard InChI is InChI=1S/C19H22BrF2N3OS.ClH/c1-24-15(4-6-23-12-5-7-26-10-12)16-8-11(9-25(16)19(24)27)17-14(21)3-2-13(20)18(17)22;/h2-3,11-12,23H,4-10H2,1H3;1H/t11-,12-;/m1./s1. The van der Waals surface area contributed by atoms with Gasteiger partial charge < -0.3 is 19.2 Å². The number of nitrogens with one attached hydrogen (secondary N) is 1. The Morgan fingerprint density at radius 1 is 1.36 bits per heavy atom. The third-order valence-corrected chi connectivity index (χ3v) is 6.74. The Balaban J connectivity index is 0.00000225. The van der Waals surface area contributed by atoms with Crippen LogP contribution in [0, 0.1) is 16.4 Å². The maximum absolute atomic E-state index is 14.6. The van der Waals surface area contributed by atoms with Crippen molar-refractivity contribution in [1.82, 2.24) is 14.5 Å². The van der Waals surface area contributed by atoms with Crippen molar-refractivity contribution in [3.8, 4) is 0 Å². The molecular weight excluding hydrogens is 472 g/mol. The van der Waals surface area contributed by atoms with E-state index < -0.39 is 11.6 Å². The highest BCUT2D eigenvalue weighted by Gasteiger charge is 2.32. The molecule has 3 heterocycles. The Bertz CT molecular complexity index is 927. The fraction of sp³-hybridized carbons (Fsp3) is 0.526. The lowest BCUT2D eigenvalue weighted by Gasteiger charge is -2.14. The number of ether oxygens (including phenoxy) is 1. The second kappa shape index (κ2) is 8.92. The van der Waals surface area contributed by atoms with E-state index in [1.165, 1.54) is 12.1 Å². The van der Waals surface area contributed by atoms with Crippen molar-refractivity contribution in [2.45, 2.75) is 37.8 Å². The number of hydrogen-bond acceptors (Lipinski definition) is 3. The van der Waals surface area contributed by atoms with E-state index in [0.29, 0.717) is 28.3 Å². The second-order valence-corrected chi connectivity index (χ2v) is 8.49. The number of rotatable bonds is 5. The summed E-state index contributed by atoms with van der Waals surface area (Å²) in [4.78, 5) is 0. The molecule has 1 saturated heterocycles. The van der Waals surface area contributed by atoms with Gasteiger partial charge in [0.15, 0.2) is 4.77 Å². The first kappa shape index (κ1) is 21.9. The second-order valence-electron chi connectivity index (χ2n) is 7.27. The summed E-state index contributed by atoms with van der Waals surface area (Å²) in [7, 11) is 1.97. The van der Waals surface area contributed by atoms with Crippen LogP contribution in [0.3, 0.4) is 0 Å². The molecule has 0 saturated carbocycles. The average molecular weight is 495 g/mol. The number of nitrogens with zero attached hydrogens (tertiary/aromatic N) is 2.